The van der Waals surface area contributed by atoms with Crippen molar-refractivity contribution >= 4 is 0 Å². The number of hydrogen-bond donors (Lipinski definition) is 1. The van der Waals surface area contributed by atoms with Gasteiger partial charge in [-0.15, -0.1) is 0 Å². The Morgan fingerprint density at radius 1 is 0.885 bits per heavy atom. The third kappa shape index (κ3) is 3.51. The lowest BCUT2D eigenvalue weighted by Crippen LogP contribution is -2.87. The highest BCUT2D eigenvalue weighted by molar-refractivity contribution is 5.52. The van der Waals surface area contributed by atoms with Gasteiger partial charge in [0.25, 0.3) is 0 Å². The number of fused-ring (bicyclic) bond motifs is 1. The Labute approximate surface area is 156 Å². The van der Waals surface area contributed by atoms with Crippen LogP contribution in [0.15, 0.2) is 24.3 Å². The highest BCUT2D eigenvalue weighted by atomic mass is 16.5. The second-order valence-electron chi connectivity index (χ2n) is 6.79. The van der Waals surface area contributed by atoms with Crippen molar-refractivity contribution in [1.29, 1.82) is 0 Å². The maximum absolute atomic E-state index is 5.87. The van der Waals surface area contributed by atoms with Gasteiger partial charge in [0.15, 0.2) is 11.5 Å². The van der Waals surface area contributed by atoms with Crippen LogP contribution >= 0.6 is 0 Å². The number of rotatable bonds is 6. The highest BCUT2D eigenvalue weighted by Crippen LogP contribution is 2.37. The van der Waals surface area contributed by atoms with Crippen LogP contribution in [-0.2, 0) is 6.42 Å². The zero-order valence-electron chi connectivity index (χ0n) is 16.5. The molecule has 1 aliphatic rings. The Morgan fingerprint density at radius 3 is 2.23 bits per heavy atom. The Balaban J connectivity index is 2.08. The molecule has 1 atom stereocenters. The largest absolute Gasteiger partial charge is 0.496 e. The van der Waals surface area contributed by atoms with Gasteiger partial charge in [0, 0.05) is 17.5 Å². The normalized spacial score (nSPS) is 16.1. The quantitative estimate of drug-likeness (QED) is 0.863. The molecule has 3 rings (SSSR count). The minimum atomic E-state index is 0.276. The molecule has 1 aliphatic heterocycles. The third-order valence-corrected chi connectivity index (χ3v) is 5.07. The van der Waals surface area contributed by atoms with Crippen LogP contribution in [-0.4, -0.2) is 26.9 Å². The summed E-state index contributed by atoms with van der Waals surface area (Å²) >= 11 is 0. The molecule has 0 bridgehead atoms. The monoisotopic (exact) mass is 356 g/mol. The van der Waals surface area contributed by atoms with Crippen molar-refractivity contribution in [2.45, 2.75) is 40.2 Å². The van der Waals surface area contributed by atoms with Crippen LogP contribution in [0.1, 0.15) is 47.7 Å². The molecule has 0 unspecified atom stereocenters. The Kier molecular flexibility index (Phi) is 5.72. The van der Waals surface area contributed by atoms with E-state index in [1.54, 1.807) is 7.11 Å². The molecule has 2 N–H and O–H groups in total. The van der Waals surface area contributed by atoms with Crippen LogP contribution in [0, 0.1) is 13.8 Å². The van der Waals surface area contributed by atoms with Gasteiger partial charge < -0.3 is 19.5 Å². The number of aryl methyl sites for hydroxylation is 2. The van der Waals surface area contributed by atoms with Gasteiger partial charge in [-0.3, -0.25) is 0 Å². The van der Waals surface area contributed by atoms with E-state index < -0.39 is 0 Å². The second-order valence-corrected chi connectivity index (χ2v) is 6.79. The van der Waals surface area contributed by atoms with Crippen LogP contribution < -0.4 is 19.5 Å². The molecule has 2 aromatic carbocycles. The van der Waals surface area contributed by atoms with E-state index in [1.165, 1.54) is 27.8 Å². The van der Waals surface area contributed by atoms with Gasteiger partial charge in [-0.05, 0) is 68.7 Å². The standard InChI is InChI=1S/C22H29NO3/c1-6-25-20-12-16-8-9-23-22(18(16)13-21(20)26-7-2)17-10-15(4)19(24-5)11-14(17)3/h10-13,22-23H,6-9H2,1-5H3/p+1/t22-/m0/s1. The predicted octanol–water partition coefficient (Wildman–Crippen LogP) is 3.32. The predicted molar refractivity (Wildman–Crippen MR) is 104 cm³/mol. The first-order valence-corrected chi connectivity index (χ1v) is 9.49. The molecule has 26 heavy (non-hydrogen) atoms. The minimum absolute atomic E-state index is 0.276. The van der Waals surface area contributed by atoms with Crippen molar-refractivity contribution in [2.75, 3.05) is 26.9 Å². The lowest BCUT2D eigenvalue weighted by atomic mass is 9.86. The molecule has 0 fully saturated rings. The lowest BCUT2D eigenvalue weighted by molar-refractivity contribution is -0.690. The molecule has 0 aliphatic carbocycles. The van der Waals surface area contributed by atoms with Gasteiger partial charge in [-0.25, -0.2) is 0 Å². The number of benzene rings is 2. The zero-order valence-corrected chi connectivity index (χ0v) is 16.5. The van der Waals surface area contributed by atoms with E-state index in [4.69, 9.17) is 14.2 Å². The molecule has 4 heteroatoms. The topological polar surface area (TPSA) is 44.3 Å². The molecule has 1 heterocycles. The van der Waals surface area contributed by atoms with Crippen LogP contribution in [0.2, 0.25) is 0 Å². The summed E-state index contributed by atoms with van der Waals surface area (Å²) in [6.45, 7) is 10.6. The Bertz CT molecular complexity index is 785. The highest BCUT2D eigenvalue weighted by Gasteiger charge is 2.29. The van der Waals surface area contributed by atoms with E-state index in [0.717, 1.165) is 30.2 Å². The zero-order chi connectivity index (χ0) is 18.7. The first-order valence-electron chi connectivity index (χ1n) is 9.49. The summed E-state index contributed by atoms with van der Waals surface area (Å²) in [6, 6.07) is 9.04. The van der Waals surface area contributed by atoms with Crippen molar-refractivity contribution in [3.63, 3.8) is 0 Å². The molecular formula is C22H30NO3+. The fraction of sp³-hybridized carbons (Fsp3) is 0.455. The van der Waals surface area contributed by atoms with E-state index in [0.29, 0.717) is 13.2 Å². The third-order valence-electron chi connectivity index (χ3n) is 5.07. The molecule has 2 aromatic rings. The maximum atomic E-state index is 5.87. The average Bonchev–Trinajstić information content (AvgIpc) is 2.64. The SMILES string of the molecule is CCOc1cc2c(cc1OCC)[C@H](c1cc(C)c(OC)cc1C)[NH2+]CC2. The lowest BCUT2D eigenvalue weighted by Gasteiger charge is -2.27. The Hall–Kier alpha value is -2.20. The molecule has 0 amide bonds. The van der Waals surface area contributed by atoms with E-state index in [9.17, 15) is 0 Å². The summed E-state index contributed by atoms with van der Waals surface area (Å²) < 4.78 is 17.2. The molecule has 0 aromatic heterocycles. The fourth-order valence-corrected chi connectivity index (χ4v) is 3.85. The van der Waals surface area contributed by atoms with Crippen LogP contribution in [0.3, 0.4) is 0 Å². The number of nitrogens with two attached hydrogens (primary N) is 1. The van der Waals surface area contributed by atoms with Gasteiger partial charge in [-0.1, -0.05) is 0 Å². The van der Waals surface area contributed by atoms with Crippen LogP contribution in [0.25, 0.3) is 0 Å². The smallest absolute Gasteiger partial charge is 0.161 e. The van der Waals surface area contributed by atoms with E-state index >= 15 is 0 Å². The molecular weight excluding hydrogens is 326 g/mol. The number of methoxy groups -OCH3 is 1. The molecule has 0 saturated carbocycles. The van der Waals surface area contributed by atoms with E-state index in [2.05, 4.69) is 43.4 Å². The van der Waals surface area contributed by atoms with Gasteiger partial charge in [0.05, 0.1) is 26.9 Å². The Morgan fingerprint density at radius 2 is 1.58 bits per heavy atom. The number of hydrogen-bond acceptors (Lipinski definition) is 3. The van der Waals surface area contributed by atoms with Crippen molar-refractivity contribution in [3.05, 3.63) is 52.1 Å². The van der Waals surface area contributed by atoms with Crippen molar-refractivity contribution in [2.24, 2.45) is 0 Å². The molecule has 0 radical (unpaired) electrons. The summed E-state index contributed by atoms with van der Waals surface area (Å²) in [6.07, 6.45) is 1.05. The van der Waals surface area contributed by atoms with Crippen LogP contribution in [0.5, 0.6) is 17.2 Å². The van der Waals surface area contributed by atoms with Crippen LogP contribution in [0.4, 0.5) is 0 Å². The summed E-state index contributed by atoms with van der Waals surface area (Å²) in [7, 11) is 1.73. The van der Waals surface area contributed by atoms with Crippen molar-refractivity contribution < 1.29 is 19.5 Å². The summed E-state index contributed by atoms with van der Waals surface area (Å²) in [4.78, 5) is 0. The van der Waals surface area contributed by atoms with Gasteiger partial charge >= 0.3 is 0 Å². The molecule has 140 valence electrons. The van der Waals surface area contributed by atoms with Gasteiger partial charge in [0.1, 0.15) is 11.8 Å². The molecule has 4 nitrogen and oxygen atoms in total. The van der Waals surface area contributed by atoms with Gasteiger partial charge in [0.2, 0.25) is 0 Å². The second kappa shape index (κ2) is 8.00. The van der Waals surface area contributed by atoms with Gasteiger partial charge in [-0.2, -0.15) is 0 Å². The first kappa shape index (κ1) is 18.6. The number of ether oxygens (including phenoxy) is 3. The van der Waals surface area contributed by atoms with Crippen molar-refractivity contribution in [3.8, 4) is 17.2 Å². The fourth-order valence-electron chi connectivity index (χ4n) is 3.85. The minimum Gasteiger partial charge on any atom is -0.496 e. The molecule has 0 saturated heterocycles. The number of quaternary nitrogens is 1. The summed E-state index contributed by atoms with van der Waals surface area (Å²) in [5, 5.41) is 2.42. The molecule has 0 spiro atoms. The van der Waals surface area contributed by atoms with Crippen molar-refractivity contribution in [1.82, 2.24) is 0 Å². The van der Waals surface area contributed by atoms with E-state index in [-0.39, 0.29) is 6.04 Å². The summed E-state index contributed by atoms with van der Waals surface area (Å²) in [5.74, 6) is 2.65. The summed E-state index contributed by atoms with van der Waals surface area (Å²) in [5.41, 5.74) is 6.46. The maximum Gasteiger partial charge on any atom is 0.161 e. The first-order chi connectivity index (χ1) is 12.6. The van der Waals surface area contributed by atoms with E-state index in [1.807, 2.05) is 13.8 Å². The average molecular weight is 356 g/mol.